The minimum absolute atomic E-state index is 0.00298. The van der Waals surface area contributed by atoms with Gasteiger partial charge in [0.15, 0.2) is 5.84 Å². The van der Waals surface area contributed by atoms with Crippen LogP contribution >= 0.6 is 11.8 Å². The van der Waals surface area contributed by atoms with Gasteiger partial charge in [0.2, 0.25) is 10.9 Å². The van der Waals surface area contributed by atoms with Crippen LogP contribution in [0, 0.1) is 11.3 Å². The van der Waals surface area contributed by atoms with Crippen LogP contribution in [0.4, 0.5) is 0 Å². The normalized spacial score (nSPS) is 17.1. The average molecular weight is 436 g/mol. The van der Waals surface area contributed by atoms with Crippen molar-refractivity contribution < 1.29 is 18.7 Å². The summed E-state index contributed by atoms with van der Waals surface area (Å²) in [4.78, 5) is 28.6. The smallest absolute Gasteiger partial charge is 0.379 e. The molecule has 1 amide bonds. The van der Waals surface area contributed by atoms with Crippen molar-refractivity contribution in [2.24, 2.45) is 16.0 Å². The number of nitrogens with one attached hydrogen (secondary N) is 1. The molecule has 9 heteroatoms. The highest BCUT2D eigenvalue weighted by atomic mass is 32.2. The summed E-state index contributed by atoms with van der Waals surface area (Å²) in [5.41, 5.74) is 0.819. The molecule has 2 aliphatic rings. The number of amides is 1. The lowest BCUT2D eigenvalue weighted by Crippen LogP contribution is -2.35. The Morgan fingerprint density at radius 3 is 2.65 bits per heavy atom. The third kappa shape index (κ3) is 4.22. The minimum Gasteiger partial charge on any atom is -0.457 e. The molecule has 2 aliphatic heterocycles. The first-order valence-corrected chi connectivity index (χ1v) is 10.7. The van der Waals surface area contributed by atoms with Gasteiger partial charge < -0.3 is 9.15 Å². The van der Waals surface area contributed by atoms with Crippen molar-refractivity contribution in [3.05, 3.63) is 59.6 Å². The van der Waals surface area contributed by atoms with E-state index in [0.29, 0.717) is 16.5 Å². The van der Waals surface area contributed by atoms with E-state index in [1.807, 2.05) is 0 Å². The largest absolute Gasteiger partial charge is 0.457 e. The van der Waals surface area contributed by atoms with Crippen molar-refractivity contribution in [1.82, 2.24) is 5.01 Å². The van der Waals surface area contributed by atoms with Crippen LogP contribution in [0.5, 0.6) is 5.75 Å². The van der Waals surface area contributed by atoms with E-state index >= 15 is 0 Å². The number of hydrogen-bond donors (Lipinski definition) is 1. The quantitative estimate of drug-likeness (QED) is 0.404. The third-order valence-electron chi connectivity index (χ3n) is 4.93. The number of carbonyl (C=O) groups excluding carboxylic acids is 2. The van der Waals surface area contributed by atoms with E-state index in [-0.39, 0.29) is 23.1 Å². The van der Waals surface area contributed by atoms with Crippen molar-refractivity contribution in [3.8, 4) is 5.75 Å². The number of furan rings is 1. The average Bonchev–Trinajstić information content (AvgIpc) is 3.44. The monoisotopic (exact) mass is 436 g/mol. The summed E-state index contributed by atoms with van der Waals surface area (Å²) in [5, 5.41) is 15.7. The van der Waals surface area contributed by atoms with Crippen LogP contribution in [0.2, 0.25) is 0 Å². The summed E-state index contributed by atoms with van der Waals surface area (Å²) in [6, 6.07) is 9.71. The number of thioether (sulfide) groups is 1. The van der Waals surface area contributed by atoms with E-state index in [1.54, 1.807) is 36.4 Å². The first-order chi connectivity index (χ1) is 15.0. The lowest BCUT2D eigenvalue weighted by molar-refractivity contribution is -0.114. The van der Waals surface area contributed by atoms with Gasteiger partial charge in [0.25, 0.3) is 5.91 Å². The molecule has 1 aromatic heterocycles. The van der Waals surface area contributed by atoms with Gasteiger partial charge in [-0.15, -0.1) is 0 Å². The molecular weight excluding hydrogens is 416 g/mol. The molecular formula is C22H20N4O4S. The molecule has 1 aromatic carbocycles. The van der Waals surface area contributed by atoms with Crippen LogP contribution < -0.4 is 4.74 Å². The second-order valence-electron chi connectivity index (χ2n) is 6.91. The van der Waals surface area contributed by atoms with Gasteiger partial charge >= 0.3 is 5.97 Å². The van der Waals surface area contributed by atoms with Crippen molar-refractivity contribution in [2.75, 3.05) is 0 Å². The van der Waals surface area contributed by atoms with E-state index in [0.717, 1.165) is 17.9 Å². The molecule has 0 atom stereocenters. The number of benzene rings is 1. The van der Waals surface area contributed by atoms with Gasteiger partial charge in [-0.1, -0.05) is 26.0 Å². The number of amidine groups is 2. The van der Waals surface area contributed by atoms with Crippen molar-refractivity contribution in [3.63, 3.8) is 0 Å². The van der Waals surface area contributed by atoms with Gasteiger partial charge in [-0.05, 0) is 60.5 Å². The maximum absolute atomic E-state index is 12.5. The van der Waals surface area contributed by atoms with Crippen molar-refractivity contribution in [2.45, 2.75) is 26.7 Å². The number of aliphatic imine (C=N–C) groups is 1. The van der Waals surface area contributed by atoms with Crippen LogP contribution in [0.3, 0.4) is 0 Å². The van der Waals surface area contributed by atoms with Crippen LogP contribution in [0.15, 0.2) is 62.7 Å². The number of nitrogens with zero attached hydrogens (tertiary/aromatic N) is 3. The van der Waals surface area contributed by atoms with E-state index < -0.39 is 11.9 Å². The Bertz CT molecular complexity index is 1110. The second-order valence-corrected chi connectivity index (χ2v) is 7.90. The molecule has 0 saturated heterocycles. The first-order valence-electron chi connectivity index (χ1n) is 9.86. The molecule has 3 heterocycles. The van der Waals surface area contributed by atoms with E-state index in [2.05, 4.69) is 23.9 Å². The highest BCUT2D eigenvalue weighted by molar-refractivity contribution is 8.27. The van der Waals surface area contributed by atoms with Gasteiger partial charge in [0.1, 0.15) is 10.8 Å². The Kier molecular flexibility index (Phi) is 5.85. The summed E-state index contributed by atoms with van der Waals surface area (Å²) in [6.45, 7) is 4.18. The molecule has 4 rings (SSSR count). The number of esters is 1. The first kappa shape index (κ1) is 20.8. The minimum atomic E-state index is -0.597. The van der Waals surface area contributed by atoms with Crippen LogP contribution in [0.1, 0.15) is 42.8 Å². The fraction of sp³-hybridized carbons (Fsp3) is 0.227. The number of rotatable bonds is 6. The Balaban J connectivity index is 1.52. The van der Waals surface area contributed by atoms with Gasteiger partial charge in [0, 0.05) is 5.92 Å². The van der Waals surface area contributed by atoms with E-state index in [9.17, 15) is 9.59 Å². The molecule has 0 fully saturated rings. The number of ether oxygens (including phenoxy) is 1. The van der Waals surface area contributed by atoms with Crippen molar-refractivity contribution in [1.29, 1.82) is 5.41 Å². The molecule has 0 radical (unpaired) electrons. The standard InChI is InChI=1S/C22H20N4O4S/c1-3-14(4-2)20-25-26-18(23)16(19(27)24-22(26)31-20)12-13-7-9-15(10-8-13)30-21(28)17-6-5-11-29-17/h5-12,14,23H,3-4H2,1-2H3/b16-12+,23-18?. The Morgan fingerprint density at radius 1 is 1.26 bits per heavy atom. The molecule has 31 heavy (non-hydrogen) atoms. The third-order valence-corrected chi connectivity index (χ3v) is 6.00. The zero-order valence-corrected chi connectivity index (χ0v) is 17.8. The second kappa shape index (κ2) is 8.73. The zero-order valence-electron chi connectivity index (χ0n) is 17.0. The maximum Gasteiger partial charge on any atom is 0.379 e. The fourth-order valence-corrected chi connectivity index (χ4v) is 4.32. The summed E-state index contributed by atoms with van der Waals surface area (Å²) in [7, 11) is 0. The van der Waals surface area contributed by atoms with Crippen LogP contribution in [-0.2, 0) is 4.79 Å². The summed E-state index contributed by atoms with van der Waals surface area (Å²) >= 11 is 1.36. The molecule has 1 N–H and O–H groups in total. The molecule has 0 aliphatic carbocycles. The summed E-state index contributed by atoms with van der Waals surface area (Å²) in [6.07, 6.45) is 4.85. The SMILES string of the molecule is CCC(CC)C1=NN2C(=N)/C(=C\c3ccc(OC(=O)c4ccco4)cc3)C(=O)N=C2S1. The fourth-order valence-electron chi connectivity index (χ4n) is 3.16. The molecule has 0 spiro atoms. The number of hydrazone groups is 1. The molecule has 0 saturated carbocycles. The molecule has 158 valence electrons. The predicted octanol–water partition coefficient (Wildman–Crippen LogP) is 4.55. The predicted molar refractivity (Wildman–Crippen MR) is 119 cm³/mol. The Hall–Kier alpha value is -3.46. The van der Waals surface area contributed by atoms with Crippen LogP contribution in [0.25, 0.3) is 6.08 Å². The van der Waals surface area contributed by atoms with Gasteiger partial charge in [-0.25, -0.2) is 4.79 Å². The number of carbonyl (C=O) groups is 2. The Morgan fingerprint density at radius 2 is 2.00 bits per heavy atom. The van der Waals surface area contributed by atoms with Crippen molar-refractivity contribution >= 4 is 45.8 Å². The number of hydrogen-bond acceptors (Lipinski definition) is 7. The molecule has 2 aromatic rings. The Labute approximate surface area is 183 Å². The van der Waals surface area contributed by atoms with E-state index in [1.165, 1.54) is 29.1 Å². The topological polar surface area (TPSA) is 108 Å². The maximum atomic E-state index is 12.5. The van der Waals surface area contributed by atoms with E-state index in [4.69, 9.17) is 14.6 Å². The lowest BCUT2D eigenvalue weighted by atomic mass is 10.1. The molecule has 0 unspecified atom stereocenters. The lowest BCUT2D eigenvalue weighted by Gasteiger charge is -2.20. The summed E-state index contributed by atoms with van der Waals surface area (Å²) in [5.74, 6) is -0.345. The van der Waals surface area contributed by atoms with Gasteiger partial charge in [-0.3, -0.25) is 10.2 Å². The summed E-state index contributed by atoms with van der Waals surface area (Å²) < 4.78 is 10.3. The molecule has 0 bridgehead atoms. The van der Waals surface area contributed by atoms with Gasteiger partial charge in [0.05, 0.1) is 11.8 Å². The highest BCUT2D eigenvalue weighted by Gasteiger charge is 2.37. The zero-order chi connectivity index (χ0) is 22.0. The molecule has 8 nitrogen and oxygen atoms in total. The highest BCUT2D eigenvalue weighted by Crippen LogP contribution is 2.33. The number of fused-ring (bicyclic) bond motifs is 1. The van der Waals surface area contributed by atoms with Gasteiger partial charge in [-0.2, -0.15) is 15.1 Å². The van der Waals surface area contributed by atoms with Crippen LogP contribution in [-0.4, -0.2) is 32.9 Å².